The summed E-state index contributed by atoms with van der Waals surface area (Å²) in [6.07, 6.45) is 3.43. The van der Waals surface area contributed by atoms with Crippen LogP contribution in [0.15, 0.2) is 11.7 Å². The molecule has 0 atom stereocenters. The predicted molar refractivity (Wildman–Crippen MR) is 84.6 cm³/mol. The van der Waals surface area contributed by atoms with Crippen LogP contribution >= 0.6 is 11.3 Å². The third-order valence-electron chi connectivity index (χ3n) is 2.94. The molecular formula is C14H21N5S. The van der Waals surface area contributed by atoms with Crippen molar-refractivity contribution in [1.82, 2.24) is 15.0 Å². The van der Waals surface area contributed by atoms with Gasteiger partial charge >= 0.3 is 0 Å². The molecule has 0 aromatic carbocycles. The van der Waals surface area contributed by atoms with E-state index < -0.39 is 0 Å². The Bertz CT molecular complexity index is 552. The summed E-state index contributed by atoms with van der Waals surface area (Å²) in [7, 11) is 0. The van der Waals surface area contributed by atoms with Crippen LogP contribution in [-0.2, 0) is 12.8 Å². The van der Waals surface area contributed by atoms with Crippen LogP contribution in [0.3, 0.4) is 0 Å². The molecular weight excluding hydrogens is 270 g/mol. The molecule has 2 rings (SSSR count). The van der Waals surface area contributed by atoms with Gasteiger partial charge in [-0.25, -0.2) is 15.0 Å². The highest BCUT2D eigenvalue weighted by atomic mass is 32.1. The summed E-state index contributed by atoms with van der Waals surface area (Å²) in [5, 5.41) is 9.92. The number of hydrogen-bond donors (Lipinski definition) is 2. The molecule has 0 bridgehead atoms. The average molecular weight is 291 g/mol. The Morgan fingerprint density at radius 2 is 1.90 bits per heavy atom. The van der Waals surface area contributed by atoms with Gasteiger partial charge in [-0.05, 0) is 20.3 Å². The first-order chi connectivity index (χ1) is 9.74. The van der Waals surface area contributed by atoms with Gasteiger partial charge in [0.05, 0.1) is 5.01 Å². The lowest BCUT2D eigenvalue weighted by atomic mass is 10.2. The highest BCUT2D eigenvalue weighted by Gasteiger charge is 2.08. The second-order valence-electron chi connectivity index (χ2n) is 4.49. The highest BCUT2D eigenvalue weighted by molar-refractivity contribution is 7.09. The molecule has 5 nitrogen and oxygen atoms in total. The molecule has 0 saturated heterocycles. The van der Waals surface area contributed by atoms with E-state index in [1.807, 2.05) is 6.92 Å². The van der Waals surface area contributed by atoms with E-state index in [-0.39, 0.29) is 0 Å². The van der Waals surface area contributed by atoms with Gasteiger partial charge in [-0.1, -0.05) is 6.92 Å². The van der Waals surface area contributed by atoms with Crippen molar-refractivity contribution < 1.29 is 0 Å². The maximum Gasteiger partial charge on any atom is 0.134 e. The van der Waals surface area contributed by atoms with E-state index in [9.17, 15) is 0 Å². The number of thiazole rings is 1. The normalized spacial score (nSPS) is 10.6. The highest BCUT2D eigenvalue weighted by Crippen LogP contribution is 2.20. The summed E-state index contributed by atoms with van der Waals surface area (Å²) in [6.45, 7) is 7.91. The maximum atomic E-state index is 4.46. The Morgan fingerprint density at radius 3 is 2.50 bits per heavy atom. The van der Waals surface area contributed by atoms with E-state index in [4.69, 9.17) is 0 Å². The summed E-state index contributed by atoms with van der Waals surface area (Å²) in [5.74, 6) is 1.85. The minimum atomic E-state index is 0.836. The number of nitrogens with zero attached hydrogens (tertiary/aromatic N) is 3. The third-order valence-corrected chi connectivity index (χ3v) is 3.97. The van der Waals surface area contributed by atoms with Crippen molar-refractivity contribution in [2.75, 3.05) is 23.7 Å². The van der Waals surface area contributed by atoms with Crippen LogP contribution in [0.25, 0.3) is 0 Å². The minimum absolute atomic E-state index is 0.836. The Labute approximate surface area is 123 Å². The van der Waals surface area contributed by atoms with Crippen LogP contribution < -0.4 is 10.6 Å². The lowest BCUT2D eigenvalue weighted by molar-refractivity contribution is 0.954. The second-order valence-corrected chi connectivity index (χ2v) is 5.44. The molecule has 2 N–H and O–H groups in total. The molecule has 0 aliphatic heterocycles. The zero-order chi connectivity index (χ0) is 14.4. The van der Waals surface area contributed by atoms with Gasteiger partial charge in [0.2, 0.25) is 0 Å². The fourth-order valence-corrected chi connectivity index (χ4v) is 2.80. The lowest BCUT2D eigenvalue weighted by Gasteiger charge is -2.13. The lowest BCUT2D eigenvalue weighted by Crippen LogP contribution is -2.11. The molecule has 108 valence electrons. The topological polar surface area (TPSA) is 62.7 Å². The quantitative estimate of drug-likeness (QED) is 0.821. The molecule has 0 fully saturated rings. The summed E-state index contributed by atoms with van der Waals surface area (Å²) >= 11 is 1.71. The van der Waals surface area contributed by atoms with Gasteiger partial charge < -0.3 is 10.6 Å². The predicted octanol–water partition coefficient (Wildman–Crippen LogP) is 2.89. The van der Waals surface area contributed by atoms with Gasteiger partial charge in [-0.3, -0.25) is 0 Å². The first kappa shape index (κ1) is 14.7. The molecule has 2 aromatic rings. The van der Waals surface area contributed by atoms with Gasteiger partial charge in [-0.15, -0.1) is 11.3 Å². The Kier molecular flexibility index (Phi) is 5.29. The molecule has 0 amide bonds. The van der Waals surface area contributed by atoms with E-state index in [2.05, 4.69) is 44.8 Å². The van der Waals surface area contributed by atoms with Gasteiger partial charge in [0, 0.05) is 36.1 Å². The first-order valence-corrected chi connectivity index (χ1v) is 7.85. The standard InChI is InChI=1S/C14H21N5S/c1-4-11-13(15-5-2)17-9-18-14(11)16-7-6-12-19-10(3)8-20-12/h8-9H,4-7H2,1-3H3,(H2,15,16,17,18). The second kappa shape index (κ2) is 7.19. The molecule has 0 radical (unpaired) electrons. The molecule has 0 unspecified atom stereocenters. The number of hydrogen-bond acceptors (Lipinski definition) is 6. The van der Waals surface area contributed by atoms with Gasteiger partial charge in [0.25, 0.3) is 0 Å². The molecule has 0 aliphatic carbocycles. The van der Waals surface area contributed by atoms with Crippen molar-refractivity contribution in [1.29, 1.82) is 0 Å². The average Bonchev–Trinajstić information content (AvgIpc) is 2.85. The van der Waals surface area contributed by atoms with E-state index in [1.54, 1.807) is 17.7 Å². The van der Waals surface area contributed by atoms with Crippen molar-refractivity contribution in [3.05, 3.63) is 28.0 Å². The Morgan fingerprint density at radius 1 is 1.15 bits per heavy atom. The maximum absolute atomic E-state index is 4.46. The zero-order valence-corrected chi connectivity index (χ0v) is 13.0. The molecule has 2 aromatic heterocycles. The van der Waals surface area contributed by atoms with Crippen molar-refractivity contribution in [3.8, 4) is 0 Å². The molecule has 0 aliphatic rings. The van der Waals surface area contributed by atoms with Gasteiger partial charge in [-0.2, -0.15) is 0 Å². The number of aryl methyl sites for hydroxylation is 1. The van der Waals surface area contributed by atoms with E-state index in [0.717, 1.165) is 53.8 Å². The minimum Gasteiger partial charge on any atom is -0.370 e. The van der Waals surface area contributed by atoms with E-state index in [1.165, 1.54) is 0 Å². The molecule has 0 spiro atoms. The molecule has 2 heterocycles. The van der Waals surface area contributed by atoms with E-state index >= 15 is 0 Å². The van der Waals surface area contributed by atoms with Gasteiger partial charge in [0.15, 0.2) is 0 Å². The van der Waals surface area contributed by atoms with Crippen molar-refractivity contribution in [3.63, 3.8) is 0 Å². The van der Waals surface area contributed by atoms with E-state index in [0.29, 0.717) is 0 Å². The zero-order valence-electron chi connectivity index (χ0n) is 12.2. The van der Waals surface area contributed by atoms with Crippen LogP contribution in [0.4, 0.5) is 11.6 Å². The monoisotopic (exact) mass is 291 g/mol. The SMILES string of the molecule is CCNc1ncnc(NCCc2nc(C)cs2)c1CC. The summed E-state index contributed by atoms with van der Waals surface area (Å²) in [6, 6.07) is 0. The van der Waals surface area contributed by atoms with Crippen LogP contribution in [0, 0.1) is 6.92 Å². The Balaban J connectivity index is 1.99. The fourth-order valence-electron chi connectivity index (χ4n) is 2.02. The molecule has 6 heteroatoms. The van der Waals surface area contributed by atoms with Crippen LogP contribution in [-0.4, -0.2) is 28.0 Å². The van der Waals surface area contributed by atoms with Gasteiger partial charge in [0.1, 0.15) is 18.0 Å². The molecule has 20 heavy (non-hydrogen) atoms. The summed E-state index contributed by atoms with van der Waals surface area (Å²) in [4.78, 5) is 13.1. The number of rotatable bonds is 7. The fraction of sp³-hybridized carbons (Fsp3) is 0.500. The van der Waals surface area contributed by atoms with Crippen LogP contribution in [0.1, 0.15) is 30.1 Å². The summed E-state index contributed by atoms with van der Waals surface area (Å²) < 4.78 is 0. The van der Waals surface area contributed by atoms with Crippen LogP contribution in [0.5, 0.6) is 0 Å². The largest absolute Gasteiger partial charge is 0.370 e. The van der Waals surface area contributed by atoms with Crippen molar-refractivity contribution >= 4 is 23.0 Å². The molecule has 0 saturated carbocycles. The Hall–Kier alpha value is -1.69. The number of nitrogens with one attached hydrogen (secondary N) is 2. The van der Waals surface area contributed by atoms with Crippen molar-refractivity contribution in [2.24, 2.45) is 0 Å². The first-order valence-electron chi connectivity index (χ1n) is 6.97. The van der Waals surface area contributed by atoms with Crippen LogP contribution in [0.2, 0.25) is 0 Å². The number of anilines is 2. The number of aromatic nitrogens is 3. The van der Waals surface area contributed by atoms with Crippen molar-refractivity contribution in [2.45, 2.75) is 33.6 Å². The summed E-state index contributed by atoms with van der Waals surface area (Å²) in [5.41, 5.74) is 2.24. The smallest absolute Gasteiger partial charge is 0.134 e. The third kappa shape index (κ3) is 3.66.